The van der Waals surface area contributed by atoms with Crippen molar-refractivity contribution >= 4 is 28.1 Å². The molecular weight excluding hydrogens is 416 g/mol. The molecule has 1 aliphatic heterocycles. The zero-order valence-electron chi connectivity index (χ0n) is 16.5. The molecule has 3 rings (SSSR count). The molecule has 0 spiro atoms. The first-order chi connectivity index (χ1) is 13.4. The fourth-order valence-electron chi connectivity index (χ4n) is 2.57. The molecule has 0 fully saturated rings. The molecule has 7 nitrogen and oxygen atoms in total. The van der Waals surface area contributed by atoms with Crippen molar-refractivity contribution in [3.63, 3.8) is 0 Å². The number of para-hydroxylation sites is 2. The number of hydrogen-bond acceptors (Lipinski definition) is 6. The van der Waals surface area contributed by atoms with Gasteiger partial charge < -0.3 is 19.5 Å². The van der Waals surface area contributed by atoms with Crippen LogP contribution in [0, 0.1) is 0 Å². The van der Waals surface area contributed by atoms with Crippen molar-refractivity contribution < 1.29 is 22.6 Å². The van der Waals surface area contributed by atoms with Crippen LogP contribution in [0.4, 0.5) is 5.69 Å². The highest BCUT2D eigenvalue weighted by molar-refractivity contribution is 7.93. The topological polar surface area (TPSA) is 85.9 Å². The van der Waals surface area contributed by atoms with E-state index in [0.29, 0.717) is 37.7 Å². The second kappa shape index (κ2) is 10.6. The molecule has 0 saturated heterocycles. The average molecular weight is 443 g/mol. The molecule has 1 atom stereocenters. The van der Waals surface area contributed by atoms with Crippen LogP contribution in [0.2, 0.25) is 0 Å². The van der Waals surface area contributed by atoms with Gasteiger partial charge in [0.05, 0.1) is 5.25 Å². The first kappa shape index (κ1) is 23.1. The van der Waals surface area contributed by atoms with E-state index in [4.69, 9.17) is 14.2 Å². The molecule has 2 aromatic rings. The minimum Gasteiger partial charge on any atom is -0.492 e. The Morgan fingerprint density at radius 1 is 1.10 bits per heavy atom. The molecule has 0 saturated carbocycles. The van der Waals surface area contributed by atoms with E-state index in [1.54, 1.807) is 38.1 Å². The molecule has 1 unspecified atom stereocenters. The number of benzene rings is 2. The van der Waals surface area contributed by atoms with Crippen LogP contribution in [-0.4, -0.2) is 46.1 Å². The third kappa shape index (κ3) is 6.69. The summed E-state index contributed by atoms with van der Waals surface area (Å²) in [5.74, 6) is 2.23. The Bertz CT molecular complexity index is 875. The van der Waals surface area contributed by atoms with E-state index in [1.807, 2.05) is 24.3 Å². The normalized spacial score (nSPS) is 15.5. The molecule has 29 heavy (non-hydrogen) atoms. The second-order valence-corrected chi connectivity index (χ2v) is 9.01. The standard InChI is InChI=1S/C20H26N2O5S.ClH/c1-15(2)28(23,24)22-16-7-9-17(10-8-16)25-12-11-21-13-18-14-26-19-5-3-4-6-20(19)27-18;/h3-10,15,18,21-22H,11-14H2,1-2H3;1H. The largest absolute Gasteiger partial charge is 0.492 e. The van der Waals surface area contributed by atoms with Crippen LogP contribution in [0.3, 0.4) is 0 Å². The predicted octanol–water partition coefficient (Wildman–Crippen LogP) is 3.07. The van der Waals surface area contributed by atoms with Gasteiger partial charge in [0.15, 0.2) is 11.5 Å². The Morgan fingerprint density at radius 2 is 1.79 bits per heavy atom. The molecule has 0 aromatic heterocycles. The predicted molar refractivity (Wildman–Crippen MR) is 116 cm³/mol. The number of sulfonamides is 1. The Hall–Kier alpha value is -2.16. The highest BCUT2D eigenvalue weighted by Crippen LogP contribution is 2.30. The maximum atomic E-state index is 11.9. The summed E-state index contributed by atoms with van der Waals surface area (Å²) in [5, 5.41) is 2.80. The van der Waals surface area contributed by atoms with Crippen molar-refractivity contribution in [1.82, 2.24) is 5.32 Å². The number of ether oxygens (including phenoxy) is 3. The lowest BCUT2D eigenvalue weighted by Gasteiger charge is -2.26. The van der Waals surface area contributed by atoms with Crippen molar-refractivity contribution in [2.45, 2.75) is 25.2 Å². The zero-order chi connectivity index (χ0) is 20.0. The van der Waals surface area contributed by atoms with Crippen molar-refractivity contribution in [2.24, 2.45) is 0 Å². The van der Waals surface area contributed by atoms with Crippen LogP contribution in [-0.2, 0) is 10.0 Å². The number of hydrogen-bond donors (Lipinski definition) is 2. The van der Waals surface area contributed by atoms with Gasteiger partial charge in [-0.15, -0.1) is 12.4 Å². The first-order valence-corrected chi connectivity index (χ1v) is 10.8. The highest BCUT2D eigenvalue weighted by Gasteiger charge is 2.20. The van der Waals surface area contributed by atoms with Gasteiger partial charge in [0, 0.05) is 18.8 Å². The Labute approximate surface area is 178 Å². The summed E-state index contributed by atoms with van der Waals surface area (Å²) in [6.45, 7) is 5.59. The van der Waals surface area contributed by atoms with Gasteiger partial charge >= 0.3 is 0 Å². The van der Waals surface area contributed by atoms with E-state index in [2.05, 4.69) is 10.0 Å². The maximum Gasteiger partial charge on any atom is 0.235 e. The van der Waals surface area contributed by atoms with Gasteiger partial charge in [0.2, 0.25) is 10.0 Å². The molecule has 0 bridgehead atoms. The fourth-order valence-corrected chi connectivity index (χ4v) is 3.27. The Balaban J connectivity index is 0.00000300. The Morgan fingerprint density at radius 3 is 2.48 bits per heavy atom. The summed E-state index contributed by atoms with van der Waals surface area (Å²) in [6.07, 6.45) is -0.0387. The van der Waals surface area contributed by atoms with Gasteiger partial charge in [-0.2, -0.15) is 0 Å². The third-order valence-corrected chi connectivity index (χ3v) is 5.98. The van der Waals surface area contributed by atoms with Crippen LogP contribution in [0.15, 0.2) is 48.5 Å². The summed E-state index contributed by atoms with van der Waals surface area (Å²) < 4.78 is 43.5. The summed E-state index contributed by atoms with van der Waals surface area (Å²) in [7, 11) is -3.34. The summed E-state index contributed by atoms with van der Waals surface area (Å²) in [5.41, 5.74) is 0.522. The van der Waals surface area contributed by atoms with E-state index >= 15 is 0 Å². The van der Waals surface area contributed by atoms with Gasteiger partial charge in [-0.25, -0.2) is 8.42 Å². The van der Waals surface area contributed by atoms with Crippen molar-refractivity contribution in [3.05, 3.63) is 48.5 Å². The molecule has 1 heterocycles. The molecule has 2 N–H and O–H groups in total. The molecule has 1 aliphatic rings. The van der Waals surface area contributed by atoms with Gasteiger partial charge in [-0.1, -0.05) is 12.1 Å². The average Bonchev–Trinajstić information content (AvgIpc) is 2.68. The van der Waals surface area contributed by atoms with Crippen LogP contribution < -0.4 is 24.2 Å². The molecule has 0 amide bonds. The number of nitrogens with one attached hydrogen (secondary N) is 2. The van der Waals surface area contributed by atoms with Crippen molar-refractivity contribution in [3.8, 4) is 17.2 Å². The zero-order valence-corrected chi connectivity index (χ0v) is 18.1. The van der Waals surface area contributed by atoms with Crippen molar-refractivity contribution in [2.75, 3.05) is 31.0 Å². The summed E-state index contributed by atoms with van der Waals surface area (Å²) in [4.78, 5) is 0. The van der Waals surface area contributed by atoms with E-state index < -0.39 is 15.3 Å². The molecule has 9 heteroatoms. The summed E-state index contributed by atoms with van der Waals surface area (Å²) >= 11 is 0. The fraction of sp³-hybridized carbons (Fsp3) is 0.400. The third-order valence-electron chi connectivity index (χ3n) is 4.22. The molecule has 0 aliphatic carbocycles. The maximum absolute atomic E-state index is 11.9. The van der Waals surface area contributed by atoms with Crippen LogP contribution >= 0.6 is 12.4 Å². The van der Waals surface area contributed by atoms with Gasteiger partial charge in [-0.05, 0) is 50.2 Å². The molecule has 0 radical (unpaired) electrons. The lowest BCUT2D eigenvalue weighted by molar-refractivity contribution is 0.0897. The lowest BCUT2D eigenvalue weighted by Crippen LogP contribution is -2.39. The number of rotatable bonds is 9. The quantitative estimate of drug-likeness (QED) is 0.580. The molecule has 160 valence electrons. The van der Waals surface area contributed by atoms with Crippen molar-refractivity contribution in [1.29, 1.82) is 0 Å². The van der Waals surface area contributed by atoms with E-state index in [1.165, 1.54) is 0 Å². The van der Waals surface area contributed by atoms with Gasteiger partial charge in [0.1, 0.15) is 25.1 Å². The first-order valence-electron chi connectivity index (χ1n) is 9.28. The number of halogens is 1. The number of fused-ring (bicyclic) bond motifs is 1. The van der Waals surface area contributed by atoms with E-state index in [0.717, 1.165) is 11.5 Å². The second-order valence-electron chi connectivity index (χ2n) is 6.77. The monoisotopic (exact) mass is 442 g/mol. The van der Waals surface area contributed by atoms with Crippen LogP contribution in [0.1, 0.15) is 13.8 Å². The van der Waals surface area contributed by atoms with Gasteiger partial charge in [-0.3, -0.25) is 4.72 Å². The smallest absolute Gasteiger partial charge is 0.235 e. The van der Waals surface area contributed by atoms with Gasteiger partial charge in [0.25, 0.3) is 0 Å². The highest BCUT2D eigenvalue weighted by atomic mass is 35.5. The lowest BCUT2D eigenvalue weighted by atomic mass is 10.2. The minimum atomic E-state index is -3.34. The molecular formula is C20H27ClN2O5S. The number of anilines is 1. The minimum absolute atomic E-state index is 0. The van der Waals surface area contributed by atoms with Crippen LogP contribution in [0.5, 0.6) is 17.2 Å². The summed E-state index contributed by atoms with van der Waals surface area (Å²) in [6, 6.07) is 14.5. The van der Waals surface area contributed by atoms with Crippen LogP contribution in [0.25, 0.3) is 0 Å². The molecule has 2 aromatic carbocycles. The van der Waals surface area contributed by atoms with E-state index in [9.17, 15) is 8.42 Å². The SMILES string of the molecule is CC(C)S(=O)(=O)Nc1ccc(OCCNCC2COc3ccccc3O2)cc1.Cl. The van der Waals surface area contributed by atoms with E-state index in [-0.39, 0.29) is 18.5 Å². The Kier molecular flexibility index (Phi) is 8.43.